The first-order chi connectivity index (χ1) is 15.6. The molecule has 170 valence electrons. The topological polar surface area (TPSA) is 93.3 Å². The van der Waals surface area contributed by atoms with Crippen LogP contribution in [-0.2, 0) is 17.8 Å². The van der Waals surface area contributed by atoms with Gasteiger partial charge >= 0.3 is 0 Å². The van der Waals surface area contributed by atoms with Gasteiger partial charge in [0.2, 0.25) is 0 Å². The number of halogens is 1. The number of nitrogens with zero attached hydrogens (tertiary/aromatic N) is 7. The minimum absolute atomic E-state index is 0.438. The molecule has 10 heteroatoms. The first-order valence-corrected chi connectivity index (χ1v) is 11.3. The Balaban J connectivity index is 1.51. The lowest BCUT2D eigenvalue weighted by Gasteiger charge is -2.29. The lowest BCUT2D eigenvalue weighted by atomic mass is 10.2. The van der Waals surface area contributed by atoms with Gasteiger partial charge in [-0.3, -0.25) is 5.41 Å². The number of likely N-dealkylation sites (tertiary alicyclic amines) is 1. The van der Waals surface area contributed by atoms with Crippen LogP contribution in [0.25, 0.3) is 0 Å². The van der Waals surface area contributed by atoms with Crippen LogP contribution in [0.2, 0.25) is 5.02 Å². The van der Waals surface area contributed by atoms with Crippen LogP contribution in [0.1, 0.15) is 24.2 Å². The molecule has 0 aliphatic carbocycles. The molecule has 0 radical (unpaired) electrons. The third kappa shape index (κ3) is 5.92. The Bertz CT molecular complexity index is 939. The molecular formula is C22H29ClN8O. The summed E-state index contributed by atoms with van der Waals surface area (Å²) in [4.78, 5) is 15.5. The Morgan fingerprint density at radius 2 is 1.84 bits per heavy atom. The summed E-state index contributed by atoms with van der Waals surface area (Å²) in [5.41, 5.74) is 1.03. The molecule has 0 amide bonds. The molecular weight excluding hydrogens is 428 g/mol. The van der Waals surface area contributed by atoms with Gasteiger partial charge < -0.3 is 19.4 Å². The van der Waals surface area contributed by atoms with Crippen molar-refractivity contribution in [3.63, 3.8) is 0 Å². The van der Waals surface area contributed by atoms with Crippen LogP contribution in [0.5, 0.6) is 0 Å². The predicted molar refractivity (Wildman–Crippen MR) is 125 cm³/mol. The van der Waals surface area contributed by atoms with Gasteiger partial charge in [-0.15, -0.1) is 5.11 Å². The number of azo groups is 1. The van der Waals surface area contributed by atoms with E-state index >= 15 is 0 Å². The van der Waals surface area contributed by atoms with Crippen LogP contribution in [0.3, 0.4) is 0 Å². The van der Waals surface area contributed by atoms with Gasteiger partial charge in [-0.05, 0) is 30.5 Å². The Kier molecular flexibility index (Phi) is 7.49. The maximum atomic E-state index is 8.48. The van der Waals surface area contributed by atoms with Gasteiger partial charge in [-0.1, -0.05) is 23.7 Å². The maximum Gasteiger partial charge on any atom is 0.193 e. The second-order valence-corrected chi connectivity index (χ2v) is 8.44. The van der Waals surface area contributed by atoms with Gasteiger partial charge in [0.15, 0.2) is 17.6 Å². The molecule has 1 aromatic carbocycles. The summed E-state index contributed by atoms with van der Waals surface area (Å²) in [6.07, 6.45) is 2.27. The zero-order valence-electron chi connectivity index (χ0n) is 18.4. The molecule has 2 saturated heterocycles. The minimum Gasteiger partial charge on any atom is -0.378 e. The summed E-state index contributed by atoms with van der Waals surface area (Å²) < 4.78 is 5.48. The van der Waals surface area contributed by atoms with Crippen LogP contribution in [0, 0.1) is 5.41 Å². The van der Waals surface area contributed by atoms with E-state index in [1.54, 1.807) is 0 Å². The molecule has 2 aromatic rings. The van der Waals surface area contributed by atoms with E-state index in [2.05, 4.69) is 25.0 Å². The van der Waals surface area contributed by atoms with E-state index in [1.165, 1.54) is 0 Å². The quantitative estimate of drug-likeness (QED) is 0.404. The molecule has 0 saturated carbocycles. The van der Waals surface area contributed by atoms with Gasteiger partial charge in [0, 0.05) is 44.3 Å². The van der Waals surface area contributed by atoms with Crippen molar-refractivity contribution < 1.29 is 4.74 Å². The van der Waals surface area contributed by atoms with E-state index in [-0.39, 0.29) is 0 Å². The number of rotatable bonds is 6. The fourth-order valence-corrected chi connectivity index (χ4v) is 3.91. The molecule has 0 spiro atoms. The third-order valence-electron chi connectivity index (χ3n) is 5.57. The Hall–Kier alpha value is -2.78. The number of morpholine rings is 1. The van der Waals surface area contributed by atoms with Gasteiger partial charge in [0.05, 0.1) is 26.3 Å². The maximum absolute atomic E-state index is 8.48. The second kappa shape index (κ2) is 10.7. The number of guanidine groups is 1. The van der Waals surface area contributed by atoms with Gasteiger partial charge in [-0.2, -0.15) is 5.11 Å². The zero-order valence-corrected chi connectivity index (χ0v) is 19.1. The van der Waals surface area contributed by atoms with Gasteiger partial charge in [0.1, 0.15) is 5.82 Å². The van der Waals surface area contributed by atoms with Crippen molar-refractivity contribution in [2.75, 3.05) is 51.3 Å². The normalized spacial score (nSPS) is 16.7. The predicted octanol–water partition coefficient (Wildman–Crippen LogP) is 3.71. The SMILES string of the molecule is CN(Cc1nc(N=NCc2ccc(Cl)cc2)cc(N2CCOCC2)n1)C(=N)N1CCCC1. The van der Waals surface area contributed by atoms with Crippen molar-refractivity contribution >= 4 is 29.2 Å². The van der Waals surface area contributed by atoms with Crippen molar-refractivity contribution in [3.05, 3.63) is 46.7 Å². The van der Waals surface area contributed by atoms with Crippen molar-refractivity contribution in [3.8, 4) is 0 Å². The highest BCUT2D eigenvalue weighted by atomic mass is 35.5. The third-order valence-corrected chi connectivity index (χ3v) is 5.82. The molecule has 2 aliphatic rings. The average Bonchev–Trinajstić information content (AvgIpc) is 3.35. The molecule has 2 aliphatic heterocycles. The molecule has 0 unspecified atom stereocenters. The number of hydrogen-bond donors (Lipinski definition) is 1. The largest absolute Gasteiger partial charge is 0.378 e. The van der Waals surface area contributed by atoms with E-state index in [1.807, 2.05) is 42.3 Å². The second-order valence-electron chi connectivity index (χ2n) is 8.00. The van der Waals surface area contributed by atoms with Crippen molar-refractivity contribution in [1.82, 2.24) is 19.8 Å². The summed E-state index contributed by atoms with van der Waals surface area (Å²) in [7, 11) is 1.91. The monoisotopic (exact) mass is 456 g/mol. The highest BCUT2D eigenvalue weighted by Gasteiger charge is 2.20. The molecule has 0 atom stereocenters. The molecule has 4 rings (SSSR count). The summed E-state index contributed by atoms with van der Waals surface area (Å²) in [6, 6.07) is 9.43. The summed E-state index contributed by atoms with van der Waals surface area (Å²) in [6.45, 7) is 5.65. The standard InChI is InChI=1S/C22H29ClN8O/c1-29(22(24)31-8-2-3-9-31)16-20-26-19(14-21(27-20)30-10-12-32-13-11-30)28-25-15-17-4-6-18(23)7-5-17/h4-7,14,24H,2-3,8-13,15-16H2,1H3. The highest BCUT2D eigenvalue weighted by molar-refractivity contribution is 6.30. The number of ether oxygens (including phenoxy) is 1. The highest BCUT2D eigenvalue weighted by Crippen LogP contribution is 2.21. The van der Waals surface area contributed by atoms with E-state index in [4.69, 9.17) is 26.7 Å². The Morgan fingerprint density at radius 1 is 1.12 bits per heavy atom. The summed E-state index contributed by atoms with van der Waals surface area (Å²) >= 11 is 5.95. The van der Waals surface area contributed by atoms with E-state index in [9.17, 15) is 0 Å². The summed E-state index contributed by atoms with van der Waals surface area (Å²) in [5.74, 6) is 2.47. The molecule has 0 bridgehead atoms. The average molecular weight is 457 g/mol. The van der Waals surface area contributed by atoms with E-state index < -0.39 is 0 Å². The van der Waals surface area contributed by atoms with Crippen molar-refractivity contribution in [2.45, 2.75) is 25.9 Å². The van der Waals surface area contributed by atoms with Crippen molar-refractivity contribution in [2.24, 2.45) is 10.2 Å². The Morgan fingerprint density at radius 3 is 2.56 bits per heavy atom. The van der Waals surface area contributed by atoms with Gasteiger partial charge in [0.25, 0.3) is 0 Å². The van der Waals surface area contributed by atoms with Crippen molar-refractivity contribution in [1.29, 1.82) is 5.41 Å². The summed E-state index contributed by atoms with van der Waals surface area (Å²) in [5, 5.41) is 17.9. The number of nitrogens with one attached hydrogen (secondary N) is 1. The van der Waals surface area contributed by atoms with Crippen LogP contribution >= 0.6 is 11.6 Å². The molecule has 2 fully saturated rings. The first kappa shape index (κ1) is 22.4. The smallest absolute Gasteiger partial charge is 0.193 e. The molecule has 32 heavy (non-hydrogen) atoms. The van der Waals surface area contributed by atoms with Crippen LogP contribution in [-0.4, -0.2) is 72.2 Å². The molecule has 1 N–H and O–H groups in total. The molecule has 3 heterocycles. The number of anilines is 1. The number of aromatic nitrogens is 2. The number of hydrogen-bond acceptors (Lipinski definition) is 7. The van der Waals surface area contributed by atoms with E-state index in [0.717, 1.165) is 50.4 Å². The van der Waals surface area contributed by atoms with Crippen LogP contribution in [0.15, 0.2) is 40.6 Å². The lowest BCUT2D eigenvalue weighted by Crippen LogP contribution is -2.40. The first-order valence-electron chi connectivity index (χ1n) is 11.0. The Labute approximate surface area is 193 Å². The molecule has 1 aromatic heterocycles. The fraction of sp³-hybridized carbons (Fsp3) is 0.500. The van der Waals surface area contributed by atoms with Crippen LogP contribution in [0.4, 0.5) is 11.6 Å². The number of benzene rings is 1. The fourth-order valence-electron chi connectivity index (χ4n) is 3.78. The molecule has 9 nitrogen and oxygen atoms in total. The van der Waals surface area contributed by atoms with E-state index in [0.29, 0.717) is 48.9 Å². The van der Waals surface area contributed by atoms with Crippen LogP contribution < -0.4 is 4.90 Å². The zero-order chi connectivity index (χ0) is 22.3. The minimum atomic E-state index is 0.438. The lowest BCUT2D eigenvalue weighted by molar-refractivity contribution is 0.122. The van der Waals surface area contributed by atoms with Gasteiger partial charge in [-0.25, -0.2) is 9.97 Å².